The highest BCUT2D eigenvalue weighted by Gasteiger charge is 2.29. The van der Waals surface area contributed by atoms with Crippen LogP contribution in [0.4, 0.5) is 0 Å². The molecular weight excluding hydrogens is 346 g/mol. The molecule has 3 amide bonds. The molecule has 3 unspecified atom stereocenters. The number of primary amides is 1. The van der Waals surface area contributed by atoms with E-state index in [-0.39, 0.29) is 29.7 Å². The number of rotatable bonds is 6. The molecule has 0 spiro atoms. The van der Waals surface area contributed by atoms with E-state index in [1.54, 1.807) is 4.90 Å². The molecule has 0 aliphatic carbocycles. The monoisotopic (exact) mass is 379 g/mol. The minimum Gasteiger partial charge on any atom is -0.369 e. The predicted molar refractivity (Wildman–Crippen MR) is 102 cm³/mol. The van der Waals surface area contributed by atoms with Gasteiger partial charge in [-0.25, -0.2) is 0 Å². The van der Waals surface area contributed by atoms with Gasteiger partial charge in [0, 0.05) is 26.2 Å². The van der Waals surface area contributed by atoms with Crippen molar-refractivity contribution in [3.63, 3.8) is 0 Å². The van der Waals surface area contributed by atoms with Gasteiger partial charge >= 0.3 is 0 Å². The molecule has 27 heavy (non-hydrogen) atoms. The lowest BCUT2D eigenvalue weighted by atomic mass is 9.96. The number of piperidine rings is 2. The molecule has 3 fully saturated rings. The first kappa shape index (κ1) is 20.1. The van der Waals surface area contributed by atoms with E-state index in [1.165, 1.54) is 0 Å². The van der Waals surface area contributed by atoms with Crippen molar-refractivity contribution in [3.05, 3.63) is 0 Å². The largest absolute Gasteiger partial charge is 0.369 e. The van der Waals surface area contributed by atoms with Crippen molar-refractivity contribution >= 4 is 17.7 Å². The van der Waals surface area contributed by atoms with Crippen LogP contribution in [0.5, 0.6) is 0 Å². The Labute approximate surface area is 161 Å². The van der Waals surface area contributed by atoms with Crippen molar-refractivity contribution in [1.29, 1.82) is 0 Å². The summed E-state index contributed by atoms with van der Waals surface area (Å²) in [6.45, 7) is 4.89. The van der Waals surface area contributed by atoms with Gasteiger partial charge in [0.1, 0.15) is 0 Å². The fourth-order valence-electron chi connectivity index (χ4n) is 4.47. The zero-order valence-corrected chi connectivity index (χ0v) is 16.1. The van der Waals surface area contributed by atoms with E-state index < -0.39 is 0 Å². The Balaban J connectivity index is 1.41. The maximum atomic E-state index is 12.6. The Morgan fingerprint density at radius 3 is 2.59 bits per heavy atom. The minimum atomic E-state index is -0.307. The number of nitrogens with two attached hydrogens (primary N) is 1. The van der Waals surface area contributed by atoms with E-state index in [2.05, 4.69) is 15.5 Å². The van der Waals surface area contributed by atoms with Crippen LogP contribution in [0.25, 0.3) is 0 Å². The summed E-state index contributed by atoms with van der Waals surface area (Å²) >= 11 is 0. The van der Waals surface area contributed by atoms with Gasteiger partial charge < -0.3 is 21.3 Å². The van der Waals surface area contributed by atoms with Crippen molar-refractivity contribution in [2.24, 2.45) is 17.6 Å². The first-order valence-electron chi connectivity index (χ1n) is 10.3. The van der Waals surface area contributed by atoms with Crippen LogP contribution in [0.15, 0.2) is 0 Å². The smallest absolute Gasteiger partial charge is 0.237 e. The number of carbonyl (C=O) groups is 3. The Kier molecular flexibility index (Phi) is 7.07. The average molecular weight is 380 g/mol. The lowest BCUT2D eigenvalue weighted by Crippen LogP contribution is -2.50. The van der Waals surface area contributed by atoms with Gasteiger partial charge in [0.15, 0.2) is 0 Å². The minimum absolute atomic E-state index is 0.0384. The van der Waals surface area contributed by atoms with E-state index in [0.717, 1.165) is 58.2 Å². The summed E-state index contributed by atoms with van der Waals surface area (Å²) in [4.78, 5) is 40.2. The van der Waals surface area contributed by atoms with Crippen LogP contribution in [0, 0.1) is 11.8 Å². The van der Waals surface area contributed by atoms with Crippen LogP contribution >= 0.6 is 0 Å². The van der Waals surface area contributed by atoms with Crippen LogP contribution in [0.2, 0.25) is 0 Å². The third-order valence-corrected chi connectivity index (χ3v) is 6.08. The Morgan fingerprint density at radius 2 is 1.85 bits per heavy atom. The van der Waals surface area contributed by atoms with E-state index in [0.29, 0.717) is 32.1 Å². The van der Waals surface area contributed by atoms with Crippen molar-refractivity contribution in [1.82, 2.24) is 20.4 Å². The fraction of sp³-hybridized carbons (Fsp3) is 0.842. The molecule has 3 aliphatic heterocycles. The SMILES string of the molecule is NC(=O)C1CCCN(C(=O)CN2CCCC(CNC(=O)C3CCCN3)C2)C1. The van der Waals surface area contributed by atoms with Crippen LogP contribution in [-0.2, 0) is 14.4 Å². The van der Waals surface area contributed by atoms with Gasteiger partial charge in [-0.05, 0) is 57.5 Å². The van der Waals surface area contributed by atoms with Gasteiger partial charge in [-0.3, -0.25) is 19.3 Å². The normalized spacial score (nSPS) is 29.5. The molecule has 3 atom stereocenters. The third kappa shape index (κ3) is 5.65. The topological polar surface area (TPSA) is 108 Å². The molecule has 4 N–H and O–H groups in total. The van der Waals surface area contributed by atoms with Gasteiger partial charge in [-0.15, -0.1) is 0 Å². The molecule has 0 bridgehead atoms. The van der Waals surface area contributed by atoms with Crippen molar-refractivity contribution in [2.75, 3.05) is 45.8 Å². The molecule has 0 aromatic rings. The number of nitrogens with one attached hydrogen (secondary N) is 2. The molecule has 3 aliphatic rings. The van der Waals surface area contributed by atoms with Crippen LogP contribution in [0.3, 0.4) is 0 Å². The highest BCUT2D eigenvalue weighted by molar-refractivity contribution is 5.82. The number of nitrogens with zero attached hydrogens (tertiary/aromatic N) is 2. The molecule has 3 saturated heterocycles. The first-order chi connectivity index (χ1) is 13.0. The second kappa shape index (κ2) is 9.50. The summed E-state index contributed by atoms with van der Waals surface area (Å²) in [7, 11) is 0. The number of likely N-dealkylation sites (tertiary alicyclic amines) is 2. The van der Waals surface area contributed by atoms with Gasteiger partial charge in [-0.2, -0.15) is 0 Å². The lowest BCUT2D eigenvalue weighted by molar-refractivity contribution is -0.136. The number of carbonyl (C=O) groups excluding carboxylic acids is 3. The molecule has 8 heteroatoms. The zero-order chi connectivity index (χ0) is 19.2. The van der Waals surface area contributed by atoms with Gasteiger partial charge in [0.25, 0.3) is 0 Å². The summed E-state index contributed by atoms with van der Waals surface area (Å²) in [6, 6.07) is -0.0384. The van der Waals surface area contributed by atoms with Crippen LogP contribution in [0.1, 0.15) is 38.5 Å². The summed E-state index contributed by atoms with van der Waals surface area (Å²) in [5.41, 5.74) is 5.41. The maximum absolute atomic E-state index is 12.6. The fourth-order valence-corrected chi connectivity index (χ4v) is 4.47. The summed E-state index contributed by atoms with van der Waals surface area (Å²) in [5.74, 6) is 0.0539. The average Bonchev–Trinajstić information content (AvgIpc) is 3.21. The Morgan fingerprint density at radius 1 is 1.04 bits per heavy atom. The van der Waals surface area contributed by atoms with E-state index in [4.69, 9.17) is 5.73 Å². The number of amides is 3. The molecule has 152 valence electrons. The lowest BCUT2D eigenvalue weighted by Gasteiger charge is -2.36. The quantitative estimate of drug-likeness (QED) is 0.565. The summed E-state index contributed by atoms with van der Waals surface area (Å²) in [5, 5.41) is 6.30. The Hall–Kier alpha value is -1.67. The van der Waals surface area contributed by atoms with E-state index in [9.17, 15) is 14.4 Å². The van der Waals surface area contributed by atoms with E-state index in [1.807, 2.05) is 0 Å². The first-order valence-corrected chi connectivity index (χ1v) is 10.3. The zero-order valence-electron chi connectivity index (χ0n) is 16.1. The molecule has 8 nitrogen and oxygen atoms in total. The second-order valence-corrected chi connectivity index (χ2v) is 8.22. The summed E-state index contributed by atoms with van der Waals surface area (Å²) < 4.78 is 0. The van der Waals surface area contributed by atoms with Crippen molar-refractivity contribution in [2.45, 2.75) is 44.6 Å². The second-order valence-electron chi connectivity index (χ2n) is 8.22. The van der Waals surface area contributed by atoms with Crippen LogP contribution in [-0.4, -0.2) is 79.4 Å². The molecular formula is C19H33N5O3. The molecule has 0 aromatic carbocycles. The van der Waals surface area contributed by atoms with Gasteiger partial charge in [-0.1, -0.05) is 0 Å². The molecule has 0 aromatic heterocycles. The highest BCUT2D eigenvalue weighted by atomic mass is 16.2. The molecule has 3 heterocycles. The van der Waals surface area contributed by atoms with Crippen molar-refractivity contribution < 1.29 is 14.4 Å². The van der Waals surface area contributed by atoms with Gasteiger partial charge in [0.05, 0.1) is 18.5 Å². The standard InChI is InChI=1S/C19H33N5O3/c20-18(26)15-5-3-9-24(12-15)17(25)13-23-8-2-4-14(11-23)10-22-19(27)16-6-1-7-21-16/h14-16,21H,1-13H2,(H2,20,26)(H,22,27). The van der Waals surface area contributed by atoms with E-state index >= 15 is 0 Å². The third-order valence-electron chi connectivity index (χ3n) is 6.08. The molecule has 0 saturated carbocycles. The summed E-state index contributed by atoms with van der Waals surface area (Å²) in [6.07, 6.45) is 5.71. The van der Waals surface area contributed by atoms with Gasteiger partial charge in [0.2, 0.25) is 17.7 Å². The number of hydrogen-bond acceptors (Lipinski definition) is 5. The number of hydrogen-bond donors (Lipinski definition) is 3. The highest BCUT2D eigenvalue weighted by Crippen LogP contribution is 2.19. The molecule has 3 rings (SSSR count). The molecule has 0 radical (unpaired) electrons. The van der Waals surface area contributed by atoms with Crippen molar-refractivity contribution in [3.8, 4) is 0 Å². The predicted octanol–water partition coefficient (Wildman–Crippen LogP) is -0.709. The Bertz CT molecular complexity index is 549. The maximum Gasteiger partial charge on any atom is 0.237 e. The van der Waals surface area contributed by atoms with Crippen LogP contribution < -0.4 is 16.4 Å².